The Morgan fingerprint density at radius 3 is 2.61 bits per heavy atom. The number of halogens is 2. The molecule has 8 heteroatoms. The van der Waals surface area contributed by atoms with E-state index in [4.69, 9.17) is 28.3 Å². The first kappa shape index (κ1) is 13.6. The second-order valence-electron chi connectivity index (χ2n) is 3.94. The highest BCUT2D eigenvalue weighted by atomic mass is 35.5. The van der Waals surface area contributed by atoms with Crippen LogP contribution in [-0.4, -0.2) is 45.7 Å². The molecule has 1 amide bonds. The van der Waals surface area contributed by atoms with Crippen LogP contribution < -0.4 is 0 Å². The van der Waals surface area contributed by atoms with Crippen LogP contribution in [-0.2, 0) is 4.79 Å². The molecular weight excluding hydrogens is 301 g/mol. The molecule has 1 aromatic heterocycles. The Balaban J connectivity index is 2.28. The topological polar surface area (TPSA) is 77.8 Å². The van der Waals surface area contributed by atoms with E-state index in [-0.39, 0.29) is 22.9 Å². The summed E-state index contributed by atoms with van der Waals surface area (Å²) in [6, 6.07) is 0.378. The zero-order valence-electron chi connectivity index (χ0n) is 8.97. The highest BCUT2D eigenvalue weighted by Crippen LogP contribution is 2.33. The summed E-state index contributed by atoms with van der Waals surface area (Å²) in [5, 5.41) is 18.5. The van der Waals surface area contributed by atoms with E-state index >= 15 is 0 Å². The van der Waals surface area contributed by atoms with Gasteiger partial charge in [0.2, 0.25) is 0 Å². The van der Waals surface area contributed by atoms with Gasteiger partial charge in [-0.3, -0.25) is 4.79 Å². The molecule has 0 spiro atoms. The summed E-state index contributed by atoms with van der Waals surface area (Å²) < 4.78 is 0.575. The normalized spacial score (nSPS) is 23.4. The molecule has 0 saturated carbocycles. The SMILES string of the molecule is O=C(O)[C@@H]1CC(O)CN1C(=O)c1cc(Cl)sc1Cl. The number of nitrogens with zero attached hydrogens (tertiary/aromatic N) is 1. The molecule has 2 N–H and O–H groups in total. The van der Waals surface area contributed by atoms with Gasteiger partial charge in [-0.1, -0.05) is 23.2 Å². The molecule has 18 heavy (non-hydrogen) atoms. The molecule has 1 saturated heterocycles. The number of carbonyl (C=O) groups excluding carboxylic acids is 1. The molecular formula is C10H9Cl2NO4S. The van der Waals surface area contributed by atoms with Gasteiger partial charge in [-0.2, -0.15) is 0 Å². The third-order valence-electron chi connectivity index (χ3n) is 2.71. The number of carbonyl (C=O) groups is 2. The molecule has 2 atom stereocenters. The average molecular weight is 310 g/mol. The molecule has 0 aromatic carbocycles. The average Bonchev–Trinajstić information content (AvgIpc) is 2.81. The summed E-state index contributed by atoms with van der Waals surface area (Å²) >= 11 is 12.6. The number of likely N-dealkylation sites (tertiary alicyclic amines) is 1. The number of hydrogen-bond donors (Lipinski definition) is 2. The van der Waals surface area contributed by atoms with Crippen LogP contribution in [0.2, 0.25) is 8.67 Å². The van der Waals surface area contributed by atoms with E-state index in [1.807, 2.05) is 0 Å². The second kappa shape index (κ2) is 5.05. The summed E-state index contributed by atoms with van der Waals surface area (Å²) in [6.45, 7) is -0.0143. The lowest BCUT2D eigenvalue weighted by molar-refractivity contribution is -0.141. The van der Waals surface area contributed by atoms with Crippen molar-refractivity contribution >= 4 is 46.4 Å². The van der Waals surface area contributed by atoms with Gasteiger partial charge in [0, 0.05) is 13.0 Å². The summed E-state index contributed by atoms with van der Waals surface area (Å²) in [6.07, 6.45) is -0.806. The van der Waals surface area contributed by atoms with Crippen molar-refractivity contribution in [2.24, 2.45) is 0 Å². The summed E-state index contributed by atoms with van der Waals surface area (Å²) in [4.78, 5) is 24.3. The molecule has 1 aromatic rings. The fourth-order valence-electron chi connectivity index (χ4n) is 1.91. The van der Waals surface area contributed by atoms with E-state index in [9.17, 15) is 14.7 Å². The molecule has 2 rings (SSSR count). The van der Waals surface area contributed by atoms with E-state index in [1.54, 1.807) is 0 Å². The van der Waals surface area contributed by atoms with Crippen molar-refractivity contribution in [1.82, 2.24) is 4.90 Å². The van der Waals surface area contributed by atoms with Crippen LogP contribution in [0, 0.1) is 0 Å². The number of thiophene rings is 1. The maximum Gasteiger partial charge on any atom is 0.326 e. The number of aliphatic hydroxyl groups excluding tert-OH is 1. The Morgan fingerprint density at radius 2 is 2.11 bits per heavy atom. The third-order valence-corrected chi connectivity index (χ3v) is 4.20. The molecule has 1 aliphatic heterocycles. The molecule has 1 fully saturated rings. The Kier molecular flexibility index (Phi) is 3.82. The number of rotatable bonds is 2. The summed E-state index contributed by atoms with van der Waals surface area (Å²) in [5.41, 5.74) is 0.173. The van der Waals surface area contributed by atoms with Crippen molar-refractivity contribution in [1.29, 1.82) is 0 Å². The van der Waals surface area contributed by atoms with Crippen molar-refractivity contribution < 1.29 is 19.8 Å². The fourth-order valence-corrected chi connectivity index (χ4v) is 3.36. The fraction of sp³-hybridized carbons (Fsp3) is 0.400. The number of hydrogen-bond acceptors (Lipinski definition) is 4. The van der Waals surface area contributed by atoms with Gasteiger partial charge in [0.15, 0.2) is 0 Å². The molecule has 0 aliphatic carbocycles. The van der Waals surface area contributed by atoms with Crippen molar-refractivity contribution in [3.8, 4) is 0 Å². The molecule has 98 valence electrons. The van der Waals surface area contributed by atoms with Gasteiger partial charge < -0.3 is 15.1 Å². The molecule has 0 radical (unpaired) electrons. The van der Waals surface area contributed by atoms with Crippen molar-refractivity contribution in [3.63, 3.8) is 0 Å². The zero-order valence-corrected chi connectivity index (χ0v) is 11.3. The lowest BCUT2D eigenvalue weighted by atomic mass is 10.2. The maximum atomic E-state index is 12.2. The third kappa shape index (κ3) is 2.47. The van der Waals surface area contributed by atoms with Crippen molar-refractivity contribution in [3.05, 3.63) is 20.3 Å². The van der Waals surface area contributed by atoms with E-state index < -0.39 is 24.0 Å². The Bertz CT molecular complexity index is 504. The monoisotopic (exact) mass is 309 g/mol. The quantitative estimate of drug-likeness (QED) is 0.872. The first-order chi connectivity index (χ1) is 8.40. The Labute approximate surface area is 117 Å². The molecule has 1 unspecified atom stereocenters. The molecule has 0 bridgehead atoms. The van der Waals surface area contributed by atoms with Gasteiger partial charge in [-0.15, -0.1) is 11.3 Å². The minimum atomic E-state index is -1.14. The smallest absolute Gasteiger partial charge is 0.326 e. The first-order valence-corrected chi connectivity index (χ1v) is 6.64. The highest BCUT2D eigenvalue weighted by molar-refractivity contribution is 7.20. The number of amides is 1. The van der Waals surface area contributed by atoms with Crippen LogP contribution in [0.3, 0.4) is 0 Å². The zero-order chi connectivity index (χ0) is 13.4. The molecule has 5 nitrogen and oxygen atoms in total. The number of carboxylic acids is 1. The van der Waals surface area contributed by atoms with E-state index in [0.717, 1.165) is 16.2 Å². The predicted molar refractivity (Wildman–Crippen MR) is 67.4 cm³/mol. The Morgan fingerprint density at radius 1 is 1.44 bits per heavy atom. The maximum absolute atomic E-state index is 12.2. The van der Waals surface area contributed by atoms with Crippen molar-refractivity contribution in [2.45, 2.75) is 18.6 Å². The van der Waals surface area contributed by atoms with Gasteiger partial charge in [-0.25, -0.2) is 4.79 Å². The lowest BCUT2D eigenvalue weighted by Gasteiger charge is -2.20. The minimum absolute atomic E-state index is 0.0143. The Hall–Kier alpha value is -0.820. The second-order valence-corrected chi connectivity index (χ2v) is 6.22. The molecule has 1 aliphatic rings. The number of aliphatic carboxylic acids is 1. The highest BCUT2D eigenvalue weighted by Gasteiger charge is 2.40. The van der Waals surface area contributed by atoms with E-state index in [1.165, 1.54) is 6.07 Å². The van der Waals surface area contributed by atoms with Gasteiger partial charge in [0.1, 0.15) is 10.4 Å². The van der Waals surface area contributed by atoms with Crippen molar-refractivity contribution in [2.75, 3.05) is 6.54 Å². The number of carboxylic acid groups (broad SMARTS) is 1. The summed E-state index contributed by atoms with van der Waals surface area (Å²) in [7, 11) is 0. The standard InChI is InChI=1S/C10H9Cl2NO4S/c11-7-2-5(8(12)18-7)9(15)13-3-4(14)1-6(13)10(16)17/h2,4,6,14H,1,3H2,(H,16,17)/t4?,6-/m0/s1. The van der Waals surface area contributed by atoms with Crippen LogP contribution >= 0.6 is 34.5 Å². The van der Waals surface area contributed by atoms with Crippen LogP contribution in [0.15, 0.2) is 6.07 Å². The van der Waals surface area contributed by atoms with Crippen LogP contribution in [0.25, 0.3) is 0 Å². The predicted octanol–water partition coefficient (Wildman–Crippen LogP) is 1.71. The van der Waals surface area contributed by atoms with Gasteiger partial charge in [-0.05, 0) is 6.07 Å². The van der Waals surface area contributed by atoms with Gasteiger partial charge in [0.05, 0.1) is 16.0 Å². The van der Waals surface area contributed by atoms with Crippen LogP contribution in [0.1, 0.15) is 16.8 Å². The van der Waals surface area contributed by atoms with Crippen LogP contribution in [0.4, 0.5) is 0 Å². The summed E-state index contributed by atoms with van der Waals surface area (Å²) in [5.74, 6) is -1.66. The lowest BCUT2D eigenvalue weighted by Crippen LogP contribution is -2.40. The minimum Gasteiger partial charge on any atom is -0.480 e. The van der Waals surface area contributed by atoms with E-state index in [2.05, 4.69) is 0 Å². The van der Waals surface area contributed by atoms with Gasteiger partial charge >= 0.3 is 5.97 Å². The largest absolute Gasteiger partial charge is 0.480 e. The van der Waals surface area contributed by atoms with Crippen LogP contribution in [0.5, 0.6) is 0 Å². The van der Waals surface area contributed by atoms with E-state index in [0.29, 0.717) is 4.34 Å². The van der Waals surface area contributed by atoms with Gasteiger partial charge in [0.25, 0.3) is 5.91 Å². The molecule has 2 heterocycles. The number of β-amino-alcohol motifs (C(OH)–C–C–N with tert-alkyl or cyclic N) is 1. The first-order valence-electron chi connectivity index (χ1n) is 5.07. The number of aliphatic hydroxyl groups is 1.